The summed E-state index contributed by atoms with van der Waals surface area (Å²) >= 11 is 0. The highest BCUT2D eigenvalue weighted by Gasteiger charge is 2.27. The first kappa shape index (κ1) is 21.9. The molecule has 1 heterocycles. The fourth-order valence-electron chi connectivity index (χ4n) is 3.26. The van der Waals surface area contributed by atoms with E-state index in [2.05, 4.69) is 4.98 Å². The zero-order valence-corrected chi connectivity index (χ0v) is 19.0. The van der Waals surface area contributed by atoms with Gasteiger partial charge in [0, 0.05) is 26.0 Å². The first-order chi connectivity index (χ1) is 14.2. The zero-order chi connectivity index (χ0) is 21.9. The first-order valence-electron chi connectivity index (χ1n) is 9.97. The van der Waals surface area contributed by atoms with Gasteiger partial charge in [0.05, 0.1) is 10.6 Å². The second kappa shape index (κ2) is 8.92. The number of nitrogens with zero attached hydrogens (tertiary/aromatic N) is 3. The molecular formula is C23H29N3O3S. The van der Waals surface area contributed by atoms with Gasteiger partial charge in [-0.15, -0.1) is 0 Å². The molecule has 0 aliphatic carbocycles. The van der Waals surface area contributed by atoms with Crippen molar-refractivity contribution in [3.05, 3.63) is 71.8 Å². The number of ether oxygens (including phenoxy) is 1. The Bertz CT molecular complexity index is 1100. The average Bonchev–Trinajstić information content (AvgIpc) is 3.10. The summed E-state index contributed by atoms with van der Waals surface area (Å²) in [7, 11) is -1.80. The van der Waals surface area contributed by atoms with Crippen LogP contribution in [-0.4, -0.2) is 24.5 Å². The van der Waals surface area contributed by atoms with Crippen molar-refractivity contribution in [3.63, 3.8) is 0 Å². The highest BCUT2D eigenvalue weighted by Crippen LogP contribution is 2.29. The fraction of sp³-hybridized carbons (Fsp3) is 0.348. The van der Waals surface area contributed by atoms with Crippen LogP contribution in [-0.2, 0) is 23.7 Å². The van der Waals surface area contributed by atoms with Crippen LogP contribution in [0.25, 0.3) is 0 Å². The second-order valence-electron chi connectivity index (χ2n) is 7.93. The Morgan fingerprint density at radius 1 is 1.10 bits per heavy atom. The molecule has 0 bridgehead atoms. The minimum absolute atomic E-state index is 0.181. The Kier molecular flexibility index (Phi) is 6.51. The molecular weight excluding hydrogens is 398 g/mol. The molecule has 0 aliphatic rings. The van der Waals surface area contributed by atoms with Crippen molar-refractivity contribution in [2.75, 3.05) is 10.8 Å². The van der Waals surface area contributed by atoms with Crippen LogP contribution in [0.3, 0.4) is 0 Å². The fourth-order valence-corrected chi connectivity index (χ4v) is 4.95. The van der Waals surface area contributed by atoms with E-state index in [1.807, 2.05) is 63.7 Å². The van der Waals surface area contributed by atoms with Gasteiger partial charge in [0.15, 0.2) is 0 Å². The van der Waals surface area contributed by atoms with E-state index < -0.39 is 10.0 Å². The zero-order valence-electron chi connectivity index (χ0n) is 18.2. The summed E-state index contributed by atoms with van der Waals surface area (Å²) in [6, 6.07) is 12.4. The SMILES string of the molecule is Cc1ccc(N(CC(C)C)S(=O)(=O)c2ccc(OCc3nccn3C)cc2)c(C)c1. The van der Waals surface area contributed by atoms with Crippen molar-refractivity contribution in [3.8, 4) is 5.75 Å². The molecule has 0 unspecified atom stereocenters. The van der Waals surface area contributed by atoms with Crippen LogP contribution >= 0.6 is 0 Å². The number of imidazole rings is 1. The van der Waals surface area contributed by atoms with Crippen molar-refractivity contribution in [2.45, 2.75) is 39.2 Å². The number of hydrogen-bond donors (Lipinski definition) is 0. The molecule has 0 aliphatic heterocycles. The van der Waals surface area contributed by atoms with Gasteiger partial charge in [-0.1, -0.05) is 31.5 Å². The van der Waals surface area contributed by atoms with E-state index in [4.69, 9.17) is 4.74 Å². The molecule has 160 valence electrons. The highest BCUT2D eigenvalue weighted by molar-refractivity contribution is 7.92. The van der Waals surface area contributed by atoms with Crippen LogP contribution in [0.15, 0.2) is 59.8 Å². The summed E-state index contributed by atoms with van der Waals surface area (Å²) in [5.41, 5.74) is 2.76. The molecule has 0 saturated carbocycles. The van der Waals surface area contributed by atoms with Gasteiger partial charge in [0.25, 0.3) is 10.0 Å². The van der Waals surface area contributed by atoms with Crippen molar-refractivity contribution in [1.82, 2.24) is 9.55 Å². The van der Waals surface area contributed by atoms with Gasteiger partial charge in [0.2, 0.25) is 0 Å². The predicted molar refractivity (Wildman–Crippen MR) is 119 cm³/mol. The van der Waals surface area contributed by atoms with Gasteiger partial charge < -0.3 is 9.30 Å². The third-order valence-electron chi connectivity index (χ3n) is 4.85. The first-order valence-corrected chi connectivity index (χ1v) is 11.4. The molecule has 0 amide bonds. The van der Waals surface area contributed by atoms with E-state index >= 15 is 0 Å². The summed E-state index contributed by atoms with van der Waals surface area (Å²) in [5, 5.41) is 0. The number of sulfonamides is 1. The number of aryl methyl sites for hydroxylation is 3. The Labute approximate surface area is 179 Å². The third kappa shape index (κ3) is 4.84. The van der Waals surface area contributed by atoms with Crippen LogP contribution in [0.2, 0.25) is 0 Å². The number of anilines is 1. The lowest BCUT2D eigenvalue weighted by atomic mass is 10.1. The summed E-state index contributed by atoms with van der Waals surface area (Å²) in [6.45, 7) is 8.70. The van der Waals surface area contributed by atoms with E-state index in [-0.39, 0.29) is 10.8 Å². The standard InChI is InChI=1S/C23H29N3O3S/c1-17(2)15-26(22-11-6-18(3)14-19(22)4)30(27,28)21-9-7-20(8-10-21)29-16-23-24-12-13-25(23)5/h6-14,17H,15-16H2,1-5H3. The van der Waals surface area contributed by atoms with Gasteiger partial charge in [-0.25, -0.2) is 13.4 Å². The number of rotatable bonds is 8. The van der Waals surface area contributed by atoms with Crippen LogP contribution in [0.4, 0.5) is 5.69 Å². The minimum atomic E-state index is -3.70. The van der Waals surface area contributed by atoms with Gasteiger partial charge >= 0.3 is 0 Å². The van der Waals surface area contributed by atoms with Crippen molar-refractivity contribution in [1.29, 1.82) is 0 Å². The largest absolute Gasteiger partial charge is 0.486 e. The van der Waals surface area contributed by atoms with Crippen LogP contribution in [0, 0.1) is 19.8 Å². The van der Waals surface area contributed by atoms with Crippen LogP contribution in [0.1, 0.15) is 30.8 Å². The van der Waals surface area contributed by atoms with E-state index in [1.54, 1.807) is 30.5 Å². The lowest BCUT2D eigenvalue weighted by molar-refractivity contribution is 0.291. The monoisotopic (exact) mass is 427 g/mol. The van der Waals surface area contributed by atoms with Gasteiger partial charge in [-0.3, -0.25) is 4.31 Å². The lowest BCUT2D eigenvalue weighted by Crippen LogP contribution is -2.34. The van der Waals surface area contributed by atoms with Crippen molar-refractivity contribution < 1.29 is 13.2 Å². The van der Waals surface area contributed by atoms with Crippen molar-refractivity contribution in [2.24, 2.45) is 13.0 Å². The predicted octanol–water partition coefficient (Wildman–Crippen LogP) is 4.47. The third-order valence-corrected chi connectivity index (χ3v) is 6.65. The number of aromatic nitrogens is 2. The molecule has 0 spiro atoms. The van der Waals surface area contributed by atoms with Gasteiger partial charge in [0.1, 0.15) is 18.2 Å². The molecule has 30 heavy (non-hydrogen) atoms. The smallest absolute Gasteiger partial charge is 0.264 e. The average molecular weight is 428 g/mol. The molecule has 0 fully saturated rings. The Morgan fingerprint density at radius 2 is 1.80 bits per heavy atom. The quantitative estimate of drug-likeness (QED) is 0.532. The molecule has 3 aromatic rings. The molecule has 0 radical (unpaired) electrons. The topological polar surface area (TPSA) is 64.4 Å². The maximum Gasteiger partial charge on any atom is 0.264 e. The number of hydrogen-bond acceptors (Lipinski definition) is 4. The molecule has 1 aromatic heterocycles. The maximum absolute atomic E-state index is 13.5. The molecule has 0 atom stereocenters. The highest BCUT2D eigenvalue weighted by atomic mass is 32.2. The van der Waals surface area contributed by atoms with E-state index in [9.17, 15) is 8.42 Å². The normalized spacial score (nSPS) is 11.7. The molecule has 6 nitrogen and oxygen atoms in total. The summed E-state index contributed by atoms with van der Waals surface area (Å²) < 4.78 is 36.1. The van der Waals surface area contributed by atoms with Crippen molar-refractivity contribution >= 4 is 15.7 Å². The van der Waals surface area contributed by atoms with E-state index in [0.717, 1.165) is 17.0 Å². The maximum atomic E-state index is 13.5. The van der Waals surface area contributed by atoms with Crippen LogP contribution < -0.4 is 9.04 Å². The minimum Gasteiger partial charge on any atom is -0.486 e. The Hall–Kier alpha value is -2.80. The molecule has 3 rings (SSSR count). The van der Waals surface area contributed by atoms with Gasteiger partial charge in [-0.2, -0.15) is 0 Å². The van der Waals surface area contributed by atoms with E-state index in [1.165, 1.54) is 4.31 Å². The Balaban J connectivity index is 1.86. The summed E-state index contributed by atoms with van der Waals surface area (Å²) in [5.74, 6) is 1.57. The van der Waals surface area contributed by atoms with E-state index in [0.29, 0.717) is 24.6 Å². The summed E-state index contributed by atoms with van der Waals surface area (Å²) in [6.07, 6.45) is 3.56. The molecule has 7 heteroatoms. The Morgan fingerprint density at radius 3 is 2.37 bits per heavy atom. The second-order valence-corrected chi connectivity index (χ2v) is 9.80. The molecule has 0 N–H and O–H groups in total. The molecule has 2 aromatic carbocycles. The lowest BCUT2D eigenvalue weighted by Gasteiger charge is -2.28. The molecule has 0 saturated heterocycles. The van der Waals surface area contributed by atoms with Gasteiger partial charge in [-0.05, 0) is 55.7 Å². The summed E-state index contributed by atoms with van der Waals surface area (Å²) in [4.78, 5) is 4.46. The van der Waals surface area contributed by atoms with Crippen LogP contribution in [0.5, 0.6) is 5.75 Å². The number of benzene rings is 2.